The molecule has 162 valence electrons. The molecule has 0 unspecified atom stereocenters. The summed E-state index contributed by atoms with van der Waals surface area (Å²) in [5.41, 5.74) is 2.92. The number of carbonyl (C=O) groups excluding carboxylic acids is 1. The zero-order valence-corrected chi connectivity index (χ0v) is 18.9. The van der Waals surface area contributed by atoms with E-state index in [9.17, 15) is 9.18 Å². The van der Waals surface area contributed by atoms with Gasteiger partial charge in [0.25, 0.3) is 5.91 Å². The first-order valence-electron chi connectivity index (χ1n) is 11.1. The normalized spacial score (nSPS) is 19.6. The molecule has 0 bridgehead atoms. The van der Waals surface area contributed by atoms with Crippen molar-refractivity contribution in [2.75, 3.05) is 26.2 Å². The van der Waals surface area contributed by atoms with Crippen molar-refractivity contribution in [2.24, 2.45) is 11.8 Å². The minimum atomic E-state index is -0.190. The molecule has 0 spiro atoms. The van der Waals surface area contributed by atoms with Crippen LogP contribution < -0.4 is 0 Å². The monoisotopic (exact) mass is 410 g/mol. The highest BCUT2D eigenvalue weighted by molar-refractivity contribution is 5.94. The summed E-state index contributed by atoms with van der Waals surface area (Å²) in [4.78, 5) is 17.8. The minimum absolute atomic E-state index is 0.0744. The van der Waals surface area contributed by atoms with Crippen molar-refractivity contribution >= 4 is 5.91 Å². The summed E-state index contributed by atoms with van der Waals surface area (Å²) >= 11 is 0. The van der Waals surface area contributed by atoms with E-state index in [0.29, 0.717) is 12.5 Å². The molecule has 2 atom stereocenters. The fourth-order valence-corrected chi connectivity index (χ4v) is 4.57. The second-order valence-corrected chi connectivity index (χ2v) is 9.45. The van der Waals surface area contributed by atoms with Crippen molar-refractivity contribution in [3.63, 3.8) is 0 Å². The van der Waals surface area contributed by atoms with Gasteiger partial charge in [0.1, 0.15) is 5.82 Å². The van der Waals surface area contributed by atoms with E-state index < -0.39 is 0 Å². The van der Waals surface area contributed by atoms with Gasteiger partial charge in [0.05, 0.1) is 0 Å². The van der Waals surface area contributed by atoms with E-state index in [4.69, 9.17) is 0 Å². The van der Waals surface area contributed by atoms with Crippen LogP contribution in [0.3, 0.4) is 0 Å². The number of amides is 1. The Labute approximate surface area is 180 Å². The van der Waals surface area contributed by atoms with Gasteiger partial charge in [-0.2, -0.15) is 0 Å². The topological polar surface area (TPSA) is 23.6 Å². The maximum atomic E-state index is 13.9. The highest BCUT2D eigenvalue weighted by atomic mass is 19.1. The van der Waals surface area contributed by atoms with Crippen molar-refractivity contribution in [2.45, 2.75) is 46.6 Å². The largest absolute Gasteiger partial charge is 0.336 e. The molecule has 30 heavy (non-hydrogen) atoms. The molecule has 0 aromatic heterocycles. The summed E-state index contributed by atoms with van der Waals surface area (Å²) in [6.45, 7) is 14.2. The van der Waals surface area contributed by atoms with Gasteiger partial charge in [-0.05, 0) is 62.4 Å². The standard InChI is InChI=1S/C26H35FN2O/c1-18(2)14-28-15-23(25(17-28)22-7-6-8-24(27)13-22)16-29(19(3)4)26(30)21-11-9-20(5)10-12-21/h6-13,18-19,23,25H,14-17H2,1-5H3/t23-,25-/m0/s1. The molecule has 1 saturated heterocycles. The number of aryl methyl sites for hydroxylation is 1. The molecule has 2 aromatic carbocycles. The lowest BCUT2D eigenvalue weighted by atomic mass is 9.88. The van der Waals surface area contributed by atoms with Crippen molar-refractivity contribution in [1.29, 1.82) is 0 Å². The summed E-state index contributed by atoms with van der Waals surface area (Å²) in [7, 11) is 0. The van der Waals surface area contributed by atoms with Crippen LogP contribution in [0.25, 0.3) is 0 Å². The number of halogens is 1. The van der Waals surface area contributed by atoms with Gasteiger partial charge in [-0.3, -0.25) is 4.79 Å². The second-order valence-electron chi connectivity index (χ2n) is 9.45. The third-order valence-corrected chi connectivity index (χ3v) is 6.03. The highest BCUT2D eigenvalue weighted by Gasteiger charge is 2.36. The van der Waals surface area contributed by atoms with Crippen molar-refractivity contribution in [3.05, 3.63) is 71.0 Å². The molecule has 0 radical (unpaired) electrons. The molecule has 0 aliphatic carbocycles. The molecule has 3 rings (SSSR count). The second kappa shape index (κ2) is 9.74. The van der Waals surface area contributed by atoms with Crippen LogP contribution in [0.5, 0.6) is 0 Å². The number of benzene rings is 2. The van der Waals surface area contributed by atoms with Crippen LogP contribution in [0, 0.1) is 24.6 Å². The van der Waals surface area contributed by atoms with Crippen LogP contribution in [0.15, 0.2) is 48.5 Å². The van der Waals surface area contributed by atoms with Gasteiger partial charge < -0.3 is 9.80 Å². The third kappa shape index (κ3) is 5.48. The fraction of sp³-hybridized carbons (Fsp3) is 0.500. The Morgan fingerprint density at radius 3 is 2.40 bits per heavy atom. The number of rotatable bonds is 7. The van der Waals surface area contributed by atoms with E-state index in [0.717, 1.165) is 36.3 Å². The van der Waals surface area contributed by atoms with Gasteiger partial charge in [0, 0.05) is 43.7 Å². The fourth-order valence-electron chi connectivity index (χ4n) is 4.57. The molecule has 1 heterocycles. The number of hydrogen-bond donors (Lipinski definition) is 0. The highest BCUT2D eigenvalue weighted by Crippen LogP contribution is 2.34. The Balaban J connectivity index is 1.84. The molecular formula is C26H35FN2O. The van der Waals surface area contributed by atoms with Crippen LogP contribution in [-0.4, -0.2) is 47.9 Å². The molecule has 1 aliphatic heterocycles. The lowest BCUT2D eigenvalue weighted by Crippen LogP contribution is -2.42. The van der Waals surface area contributed by atoms with Crippen LogP contribution in [-0.2, 0) is 0 Å². The summed E-state index contributed by atoms with van der Waals surface area (Å²) in [6.07, 6.45) is 0. The molecule has 1 aliphatic rings. The Bertz CT molecular complexity index is 846. The van der Waals surface area contributed by atoms with E-state index in [-0.39, 0.29) is 29.6 Å². The van der Waals surface area contributed by atoms with E-state index in [2.05, 4.69) is 32.6 Å². The van der Waals surface area contributed by atoms with Crippen molar-refractivity contribution in [1.82, 2.24) is 9.80 Å². The average molecular weight is 411 g/mol. The SMILES string of the molecule is Cc1ccc(C(=O)N(C[C@@H]2CN(CC(C)C)C[C@H]2c2cccc(F)c2)C(C)C)cc1. The van der Waals surface area contributed by atoms with Gasteiger partial charge >= 0.3 is 0 Å². The quantitative estimate of drug-likeness (QED) is 0.614. The van der Waals surface area contributed by atoms with Gasteiger partial charge in [-0.15, -0.1) is 0 Å². The molecule has 4 heteroatoms. The molecular weight excluding hydrogens is 375 g/mol. The predicted octanol–water partition coefficient (Wildman–Crippen LogP) is 5.36. The molecule has 1 amide bonds. The smallest absolute Gasteiger partial charge is 0.254 e. The molecule has 0 saturated carbocycles. The third-order valence-electron chi connectivity index (χ3n) is 6.03. The van der Waals surface area contributed by atoms with E-state index in [1.165, 1.54) is 6.07 Å². The first-order chi connectivity index (χ1) is 14.2. The van der Waals surface area contributed by atoms with Crippen LogP contribution in [0.2, 0.25) is 0 Å². The molecule has 3 nitrogen and oxygen atoms in total. The maximum absolute atomic E-state index is 13.9. The zero-order valence-electron chi connectivity index (χ0n) is 18.9. The van der Waals surface area contributed by atoms with Crippen LogP contribution in [0.4, 0.5) is 4.39 Å². The lowest BCUT2D eigenvalue weighted by molar-refractivity contribution is 0.0668. The number of hydrogen-bond acceptors (Lipinski definition) is 2. The Morgan fingerprint density at radius 1 is 1.10 bits per heavy atom. The lowest BCUT2D eigenvalue weighted by Gasteiger charge is -2.32. The first-order valence-corrected chi connectivity index (χ1v) is 11.1. The molecule has 0 N–H and O–H groups in total. The number of likely N-dealkylation sites (tertiary alicyclic amines) is 1. The van der Waals surface area contributed by atoms with Crippen LogP contribution >= 0.6 is 0 Å². The van der Waals surface area contributed by atoms with Gasteiger partial charge in [0.15, 0.2) is 0 Å². The van der Waals surface area contributed by atoms with E-state index >= 15 is 0 Å². The number of nitrogens with zero attached hydrogens (tertiary/aromatic N) is 2. The van der Waals surface area contributed by atoms with E-state index in [1.807, 2.05) is 42.2 Å². The van der Waals surface area contributed by atoms with Gasteiger partial charge in [0.2, 0.25) is 0 Å². The minimum Gasteiger partial charge on any atom is -0.336 e. The van der Waals surface area contributed by atoms with Gasteiger partial charge in [-0.1, -0.05) is 43.7 Å². The molecule has 1 fully saturated rings. The van der Waals surface area contributed by atoms with Crippen molar-refractivity contribution in [3.8, 4) is 0 Å². The maximum Gasteiger partial charge on any atom is 0.254 e. The Hall–Kier alpha value is -2.20. The summed E-state index contributed by atoms with van der Waals surface area (Å²) < 4.78 is 13.9. The first kappa shape index (κ1) is 22.5. The van der Waals surface area contributed by atoms with Crippen molar-refractivity contribution < 1.29 is 9.18 Å². The van der Waals surface area contributed by atoms with E-state index in [1.54, 1.807) is 12.1 Å². The zero-order chi connectivity index (χ0) is 21.8. The predicted molar refractivity (Wildman–Crippen MR) is 121 cm³/mol. The summed E-state index contributed by atoms with van der Waals surface area (Å²) in [5.74, 6) is 0.969. The summed E-state index contributed by atoms with van der Waals surface area (Å²) in [6, 6.07) is 14.9. The Morgan fingerprint density at radius 2 is 1.80 bits per heavy atom. The van der Waals surface area contributed by atoms with Gasteiger partial charge in [-0.25, -0.2) is 4.39 Å². The Kier molecular flexibility index (Phi) is 7.30. The summed E-state index contributed by atoms with van der Waals surface area (Å²) in [5, 5.41) is 0. The average Bonchev–Trinajstić information content (AvgIpc) is 3.07. The number of carbonyl (C=O) groups is 1. The van der Waals surface area contributed by atoms with Crippen LogP contribution in [0.1, 0.15) is 55.1 Å². The molecule has 2 aromatic rings.